The zero-order valence-electron chi connectivity index (χ0n) is 15.6. The minimum absolute atomic E-state index is 0.300. The predicted octanol–water partition coefficient (Wildman–Crippen LogP) is 10.7. The summed E-state index contributed by atoms with van der Waals surface area (Å²) in [6.45, 7) is 0. The highest BCUT2D eigenvalue weighted by atomic mass is 79.9. The lowest BCUT2D eigenvalue weighted by atomic mass is 9.89. The third kappa shape index (κ3) is 4.92. The number of alkyl halides is 6. The molecule has 0 aliphatic carbocycles. The molecule has 0 N–H and O–H groups in total. The topological polar surface area (TPSA) is 0 Å². The van der Waals surface area contributed by atoms with E-state index in [0.717, 1.165) is 0 Å². The average Bonchev–Trinajstić information content (AvgIpc) is 2.67. The lowest BCUT2D eigenvalue weighted by Crippen LogP contribution is -2.16. The molecule has 0 nitrogen and oxygen atoms in total. The van der Waals surface area contributed by atoms with E-state index in [1.807, 2.05) is 0 Å². The lowest BCUT2D eigenvalue weighted by Gasteiger charge is -2.26. The Morgan fingerprint density at radius 2 is 0.735 bits per heavy atom. The van der Waals surface area contributed by atoms with Crippen molar-refractivity contribution >= 4 is 63.7 Å². The zero-order valence-corrected chi connectivity index (χ0v) is 21.9. The van der Waals surface area contributed by atoms with Crippen molar-refractivity contribution < 1.29 is 43.9 Å². The van der Waals surface area contributed by atoms with Gasteiger partial charge in [-0.2, -0.15) is 26.3 Å². The Kier molecular flexibility index (Phi) is 7.59. The van der Waals surface area contributed by atoms with Gasteiger partial charge >= 0.3 is 12.4 Å². The third-order valence-electron chi connectivity index (χ3n) is 4.50. The van der Waals surface area contributed by atoms with Crippen molar-refractivity contribution in [3.8, 4) is 22.3 Å². The first-order valence-electron chi connectivity index (χ1n) is 8.46. The monoisotopic (exact) mass is 750 g/mol. The SMILES string of the molecule is Fc1cc(Br)c(-c2c(Br)c(C(F)(F)F)c(-c3cc(F)c(F)cc3Br)c(Br)c2C(F)(F)F)cc1F. The van der Waals surface area contributed by atoms with Crippen LogP contribution in [0.25, 0.3) is 22.3 Å². The fourth-order valence-electron chi connectivity index (χ4n) is 3.16. The molecule has 3 aromatic rings. The second kappa shape index (κ2) is 9.40. The van der Waals surface area contributed by atoms with Crippen molar-refractivity contribution in [2.45, 2.75) is 12.4 Å². The molecular weight excluding hydrogens is 750 g/mol. The Morgan fingerprint density at radius 3 is 1.00 bits per heavy atom. The molecule has 0 saturated carbocycles. The summed E-state index contributed by atoms with van der Waals surface area (Å²) >= 11 is 10.6. The van der Waals surface area contributed by atoms with Crippen LogP contribution in [0, 0.1) is 23.3 Å². The van der Waals surface area contributed by atoms with Crippen molar-refractivity contribution in [2.24, 2.45) is 0 Å². The van der Waals surface area contributed by atoms with Gasteiger partial charge in [-0.05, 0) is 56.1 Å². The summed E-state index contributed by atoms with van der Waals surface area (Å²) in [5.41, 5.74) is -7.24. The van der Waals surface area contributed by atoms with E-state index in [9.17, 15) is 43.9 Å². The van der Waals surface area contributed by atoms with Gasteiger partial charge < -0.3 is 0 Å². The van der Waals surface area contributed by atoms with Crippen molar-refractivity contribution in [1.82, 2.24) is 0 Å². The van der Waals surface area contributed by atoms with Crippen LogP contribution >= 0.6 is 63.7 Å². The number of benzene rings is 3. The maximum absolute atomic E-state index is 14.2. The van der Waals surface area contributed by atoms with E-state index in [4.69, 9.17) is 0 Å². The second-order valence-corrected chi connectivity index (χ2v) is 9.91. The number of rotatable bonds is 2. The van der Waals surface area contributed by atoms with Gasteiger partial charge in [-0.25, -0.2) is 17.6 Å². The molecule has 0 aliphatic rings. The minimum Gasteiger partial charge on any atom is -0.204 e. The number of hydrogen-bond acceptors (Lipinski definition) is 0. The first kappa shape index (κ1) is 27.5. The van der Waals surface area contributed by atoms with E-state index < -0.39 is 86.9 Å². The predicted molar refractivity (Wildman–Crippen MR) is 118 cm³/mol. The molecule has 0 aromatic heterocycles. The van der Waals surface area contributed by atoms with Crippen LogP contribution in [0.4, 0.5) is 43.9 Å². The summed E-state index contributed by atoms with van der Waals surface area (Å²) in [5, 5.41) is 0. The highest BCUT2D eigenvalue weighted by Crippen LogP contribution is 2.56. The smallest absolute Gasteiger partial charge is 0.204 e. The molecular formula is C20H4Br4F10. The number of halogens is 14. The Morgan fingerprint density at radius 1 is 0.471 bits per heavy atom. The van der Waals surface area contributed by atoms with E-state index in [2.05, 4.69) is 63.7 Å². The van der Waals surface area contributed by atoms with Crippen LogP contribution < -0.4 is 0 Å². The van der Waals surface area contributed by atoms with E-state index in [1.165, 1.54) is 0 Å². The van der Waals surface area contributed by atoms with Crippen molar-refractivity contribution in [2.75, 3.05) is 0 Å². The molecule has 34 heavy (non-hydrogen) atoms. The first-order chi connectivity index (χ1) is 15.5. The summed E-state index contributed by atoms with van der Waals surface area (Å²) < 4.78 is 137. The zero-order chi connectivity index (χ0) is 25.9. The molecule has 0 radical (unpaired) electrons. The van der Waals surface area contributed by atoms with Crippen LogP contribution in [0.2, 0.25) is 0 Å². The van der Waals surface area contributed by atoms with Gasteiger partial charge in [0.25, 0.3) is 0 Å². The molecule has 0 atom stereocenters. The Labute approximate surface area is 217 Å². The lowest BCUT2D eigenvalue weighted by molar-refractivity contribution is -0.141. The molecule has 0 spiro atoms. The average molecular weight is 754 g/mol. The van der Waals surface area contributed by atoms with Crippen LogP contribution in [-0.4, -0.2) is 0 Å². The van der Waals surface area contributed by atoms with E-state index in [0.29, 0.717) is 24.3 Å². The van der Waals surface area contributed by atoms with Crippen molar-refractivity contribution in [3.63, 3.8) is 0 Å². The Balaban J connectivity index is 2.65. The largest absolute Gasteiger partial charge is 0.418 e. The highest BCUT2D eigenvalue weighted by molar-refractivity contribution is 9.11. The van der Waals surface area contributed by atoms with Gasteiger partial charge in [0.15, 0.2) is 23.3 Å². The molecule has 0 aliphatic heterocycles. The van der Waals surface area contributed by atoms with Gasteiger partial charge in [-0.3, -0.25) is 0 Å². The van der Waals surface area contributed by atoms with E-state index in [-0.39, 0.29) is 0 Å². The van der Waals surface area contributed by atoms with Crippen LogP contribution in [0.5, 0.6) is 0 Å². The van der Waals surface area contributed by atoms with E-state index in [1.54, 1.807) is 0 Å². The molecule has 182 valence electrons. The molecule has 14 heteroatoms. The van der Waals surface area contributed by atoms with Crippen LogP contribution in [-0.2, 0) is 12.4 Å². The van der Waals surface area contributed by atoms with Gasteiger partial charge in [0.1, 0.15) is 0 Å². The summed E-state index contributed by atoms with van der Waals surface area (Å²) in [6.07, 6.45) is -10.7. The molecule has 3 aromatic carbocycles. The molecule has 0 bridgehead atoms. The summed E-state index contributed by atoms with van der Waals surface area (Å²) in [5.74, 6) is -6.15. The van der Waals surface area contributed by atoms with Crippen LogP contribution in [0.3, 0.4) is 0 Å². The van der Waals surface area contributed by atoms with E-state index >= 15 is 0 Å². The first-order valence-corrected chi connectivity index (χ1v) is 11.6. The van der Waals surface area contributed by atoms with Gasteiger partial charge in [-0.1, -0.05) is 31.9 Å². The van der Waals surface area contributed by atoms with Gasteiger partial charge in [-0.15, -0.1) is 0 Å². The normalized spacial score (nSPS) is 12.4. The van der Waals surface area contributed by atoms with Crippen LogP contribution in [0.1, 0.15) is 11.1 Å². The van der Waals surface area contributed by atoms with Crippen LogP contribution in [0.15, 0.2) is 42.2 Å². The maximum atomic E-state index is 14.2. The summed E-state index contributed by atoms with van der Waals surface area (Å²) in [4.78, 5) is 0. The van der Waals surface area contributed by atoms with Crippen molar-refractivity contribution in [1.29, 1.82) is 0 Å². The third-order valence-corrected chi connectivity index (χ3v) is 7.40. The molecule has 0 fully saturated rings. The molecule has 0 heterocycles. The number of hydrogen-bond donors (Lipinski definition) is 0. The summed E-state index contributed by atoms with van der Waals surface area (Å²) in [6, 6.07) is 1.51. The van der Waals surface area contributed by atoms with Gasteiger partial charge in [0.05, 0.1) is 11.1 Å². The molecule has 0 unspecified atom stereocenters. The fourth-order valence-corrected chi connectivity index (χ4v) is 5.85. The highest BCUT2D eigenvalue weighted by Gasteiger charge is 2.46. The standard InChI is InChI=1S/C20H4Br4F10/c21-7-3-11(27)9(25)1-5(7)13-15(19(29,30)31)18(24)14(16(17(13)23)20(32,33)34)6-2-10(26)12(28)4-8(6)22/h1-4H. The maximum Gasteiger partial charge on any atom is 0.418 e. The molecule has 0 saturated heterocycles. The fraction of sp³-hybridized carbons (Fsp3) is 0.100. The van der Waals surface area contributed by atoms with Gasteiger partial charge in [0, 0.05) is 40.1 Å². The minimum atomic E-state index is -5.34. The Bertz CT molecular complexity index is 1210. The van der Waals surface area contributed by atoms with Crippen molar-refractivity contribution in [3.05, 3.63) is 76.6 Å². The molecule has 0 amide bonds. The quantitative estimate of drug-likeness (QED) is 0.181. The molecule has 3 rings (SSSR count). The van der Waals surface area contributed by atoms with Gasteiger partial charge in [0.2, 0.25) is 0 Å². The Hall–Kier alpha value is -1.12. The second-order valence-electron chi connectivity index (χ2n) is 6.62. The summed E-state index contributed by atoms with van der Waals surface area (Å²) in [7, 11) is 0.